The molecule has 0 bridgehead atoms. The summed E-state index contributed by atoms with van der Waals surface area (Å²) < 4.78 is 37.3. The highest BCUT2D eigenvalue weighted by molar-refractivity contribution is 5.77. The van der Waals surface area contributed by atoms with E-state index in [0.29, 0.717) is 19.6 Å². The second kappa shape index (κ2) is 5.65. The summed E-state index contributed by atoms with van der Waals surface area (Å²) in [5.41, 5.74) is -1.65. The highest BCUT2D eigenvalue weighted by Crippen LogP contribution is 2.29. The number of carboxylic acid groups (broad SMARTS) is 1. The van der Waals surface area contributed by atoms with E-state index in [4.69, 9.17) is 5.11 Å². The van der Waals surface area contributed by atoms with Crippen LogP contribution in [-0.2, 0) is 17.5 Å². The molecule has 2 N–H and O–H groups in total. The van der Waals surface area contributed by atoms with E-state index in [0.717, 1.165) is 17.7 Å². The summed E-state index contributed by atoms with van der Waals surface area (Å²) in [4.78, 5) is 12.8. The molecule has 0 spiro atoms. The van der Waals surface area contributed by atoms with Crippen LogP contribution in [0, 0.1) is 0 Å². The zero-order valence-corrected chi connectivity index (χ0v) is 11.2. The molecule has 1 aliphatic heterocycles. The van der Waals surface area contributed by atoms with Crippen LogP contribution in [-0.4, -0.2) is 39.8 Å². The number of hydrogen-bond acceptors (Lipinski definition) is 3. The molecular weight excluding hydrogens is 287 g/mol. The van der Waals surface area contributed by atoms with E-state index in [1.807, 2.05) is 4.90 Å². The largest absolute Gasteiger partial charge is 0.479 e. The number of likely N-dealkylation sites (tertiary alicyclic amines) is 1. The van der Waals surface area contributed by atoms with Gasteiger partial charge in [-0.15, -0.1) is 0 Å². The number of benzene rings is 1. The Morgan fingerprint density at radius 2 is 1.71 bits per heavy atom. The highest BCUT2D eigenvalue weighted by atomic mass is 19.4. The number of aliphatic hydroxyl groups is 1. The standard InChI is InChI=1S/C14H16F3NO3/c15-14(16,17)11-3-1-10(2-4-11)9-18-7-5-13(21,6-8-18)12(19)20/h1-4,21H,5-9H2,(H,19,20). The molecule has 0 atom stereocenters. The lowest BCUT2D eigenvalue weighted by Gasteiger charge is -2.35. The number of nitrogens with zero attached hydrogens (tertiary/aromatic N) is 1. The van der Waals surface area contributed by atoms with E-state index in [1.165, 1.54) is 12.1 Å². The Morgan fingerprint density at radius 3 is 2.14 bits per heavy atom. The van der Waals surface area contributed by atoms with Gasteiger partial charge >= 0.3 is 12.1 Å². The van der Waals surface area contributed by atoms with Gasteiger partial charge in [-0.1, -0.05) is 12.1 Å². The minimum Gasteiger partial charge on any atom is -0.479 e. The van der Waals surface area contributed by atoms with Crippen LogP contribution in [0.4, 0.5) is 13.2 Å². The van der Waals surface area contributed by atoms with Gasteiger partial charge in [-0.05, 0) is 30.5 Å². The Hall–Kier alpha value is -1.60. The summed E-state index contributed by atoms with van der Waals surface area (Å²) in [6.45, 7) is 1.22. The Labute approximate surface area is 119 Å². The number of carboxylic acids is 1. The van der Waals surface area contributed by atoms with Crippen molar-refractivity contribution in [3.63, 3.8) is 0 Å². The van der Waals surface area contributed by atoms with Gasteiger partial charge in [-0.25, -0.2) is 4.79 Å². The number of rotatable bonds is 3. The van der Waals surface area contributed by atoms with E-state index in [9.17, 15) is 23.1 Å². The molecule has 2 rings (SSSR count). The number of piperidine rings is 1. The Bertz CT molecular complexity index is 505. The molecule has 0 aromatic heterocycles. The first-order chi connectivity index (χ1) is 9.71. The number of alkyl halides is 3. The molecule has 4 nitrogen and oxygen atoms in total. The first-order valence-corrected chi connectivity index (χ1v) is 6.55. The fraction of sp³-hybridized carbons (Fsp3) is 0.500. The topological polar surface area (TPSA) is 60.8 Å². The summed E-state index contributed by atoms with van der Waals surface area (Å²) in [5.74, 6) is -1.23. The molecule has 0 saturated carbocycles. The Balaban J connectivity index is 1.94. The minimum absolute atomic E-state index is 0.114. The smallest absolute Gasteiger partial charge is 0.416 e. The zero-order valence-electron chi connectivity index (χ0n) is 11.2. The molecule has 116 valence electrons. The summed E-state index contributed by atoms with van der Waals surface area (Å²) in [5, 5.41) is 18.7. The third-order valence-electron chi connectivity index (χ3n) is 3.77. The van der Waals surface area contributed by atoms with E-state index in [-0.39, 0.29) is 12.8 Å². The molecule has 0 aliphatic carbocycles. The van der Waals surface area contributed by atoms with Crippen LogP contribution in [0.15, 0.2) is 24.3 Å². The maximum absolute atomic E-state index is 12.4. The Kier molecular flexibility index (Phi) is 4.25. The van der Waals surface area contributed by atoms with Crippen molar-refractivity contribution < 1.29 is 28.2 Å². The fourth-order valence-electron chi connectivity index (χ4n) is 2.35. The number of carbonyl (C=O) groups is 1. The lowest BCUT2D eigenvalue weighted by molar-refractivity contribution is -0.163. The maximum atomic E-state index is 12.4. The SMILES string of the molecule is O=C(O)C1(O)CCN(Cc2ccc(C(F)(F)F)cc2)CC1. The minimum atomic E-state index is -4.35. The molecule has 7 heteroatoms. The van der Waals surface area contributed by atoms with E-state index in [2.05, 4.69) is 0 Å². The van der Waals surface area contributed by atoms with Crippen molar-refractivity contribution in [2.75, 3.05) is 13.1 Å². The van der Waals surface area contributed by atoms with E-state index >= 15 is 0 Å². The van der Waals surface area contributed by atoms with Crippen LogP contribution in [0.3, 0.4) is 0 Å². The van der Waals surface area contributed by atoms with Gasteiger partial charge in [0.25, 0.3) is 0 Å². The molecule has 1 fully saturated rings. The van der Waals surface area contributed by atoms with Crippen LogP contribution < -0.4 is 0 Å². The van der Waals surface area contributed by atoms with Gasteiger partial charge in [0.05, 0.1) is 5.56 Å². The molecule has 1 aliphatic rings. The second-order valence-electron chi connectivity index (χ2n) is 5.31. The van der Waals surface area contributed by atoms with E-state index < -0.39 is 23.3 Å². The van der Waals surface area contributed by atoms with Crippen LogP contribution in [0.1, 0.15) is 24.0 Å². The third-order valence-corrected chi connectivity index (χ3v) is 3.77. The van der Waals surface area contributed by atoms with Crippen molar-refractivity contribution in [1.29, 1.82) is 0 Å². The van der Waals surface area contributed by atoms with Gasteiger partial charge in [0.1, 0.15) is 0 Å². The maximum Gasteiger partial charge on any atom is 0.416 e. The van der Waals surface area contributed by atoms with Crippen LogP contribution in [0.5, 0.6) is 0 Å². The third kappa shape index (κ3) is 3.74. The van der Waals surface area contributed by atoms with Gasteiger partial charge in [-0.2, -0.15) is 13.2 Å². The van der Waals surface area contributed by atoms with Crippen molar-refractivity contribution in [3.05, 3.63) is 35.4 Å². The van der Waals surface area contributed by atoms with Crippen LogP contribution in [0.2, 0.25) is 0 Å². The number of halogens is 3. The van der Waals surface area contributed by atoms with Crippen molar-refractivity contribution >= 4 is 5.97 Å². The number of aliphatic carboxylic acids is 1. The predicted molar refractivity (Wildman–Crippen MR) is 68.5 cm³/mol. The lowest BCUT2D eigenvalue weighted by atomic mass is 9.91. The lowest BCUT2D eigenvalue weighted by Crippen LogP contribution is -2.49. The summed E-state index contributed by atoms with van der Waals surface area (Å²) in [7, 11) is 0. The van der Waals surface area contributed by atoms with Gasteiger partial charge in [-0.3, -0.25) is 4.90 Å². The molecule has 1 heterocycles. The molecule has 0 unspecified atom stereocenters. The monoisotopic (exact) mass is 303 g/mol. The first kappa shape index (κ1) is 15.8. The molecule has 1 aromatic rings. The van der Waals surface area contributed by atoms with Crippen molar-refractivity contribution in [2.24, 2.45) is 0 Å². The average molecular weight is 303 g/mol. The molecule has 1 saturated heterocycles. The van der Waals surface area contributed by atoms with Crippen molar-refractivity contribution in [2.45, 2.75) is 31.2 Å². The summed E-state index contributed by atoms with van der Waals surface area (Å²) >= 11 is 0. The van der Waals surface area contributed by atoms with Crippen molar-refractivity contribution in [1.82, 2.24) is 4.90 Å². The second-order valence-corrected chi connectivity index (χ2v) is 5.31. The zero-order chi connectivity index (χ0) is 15.7. The molecule has 0 radical (unpaired) electrons. The first-order valence-electron chi connectivity index (χ1n) is 6.55. The normalized spacial score (nSPS) is 19.4. The fourth-order valence-corrected chi connectivity index (χ4v) is 2.35. The van der Waals surface area contributed by atoms with Crippen molar-refractivity contribution in [3.8, 4) is 0 Å². The quantitative estimate of drug-likeness (QED) is 0.898. The summed E-state index contributed by atoms with van der Waals surface area (Å²) in [6.07, 6.45) is -4.12. The van der Waals surface area contributed by atoms with Crippen LogP contribution in [0.25, 0.3) is 0 Å². The van der Waals surface area contributed by atoms with Gasteiger partial charge in [0.15, 0.2) is 5.60 Å². The summed E-state index contributed by atoms with van der Waals surface area (Å²) in [6, 6.07) is 4.90. The predicted octanol–water partition coefficient (Wildman–Crippen LogP) is 2.12. The van der Waals surface area contributed by atoms with Crippen LogP contribution >= 0.6 is 0 Å². The molecular formula is C14H16F3NO3. The molecule has 1 aromatic carbocycles. The van der Waals surface area contributed by atoms with Gasteiger partial charge < -0.3 is 10.2 Å². The van der Waals surface area contributed by atoms with E-state index in [1.54, 1.807) is 0 Å². The average Bonchev–Trinajstić information content (AvgIpc) is 2.41. The van der Waals surface area contributed by atoms with Gasteiger partial charge in [0, 0.05) is 19.6 Å². The molecule has 0 amide bonds. The number of hydrogen-bond donors (Lipinski definition) is 2. The molecule has 21 heavy (non-hydrogen) atoms. The van der Waals surface area contributed by atoms with Gasteiger partial charge in [0.2, 0.25) is 0 Å². The Morgan fingerprint density at radius 1 is 1.19 bits per heavy atom. The highest BCUT2D eigenvalue weighted by Gasteiger charge is 2.39.